The number of benzene rings is 3. The number of nitrogens with zero attached hydrogens (tertiary/aromatic N) is 3. The molecule has 0 saturated heterocycles. The van der Waals surface area contributed by atoms with Gasteiger partial charge in [-0.25, -0.2) is 0 Å². The summed E-state index contributed by atoms with van der Waals surface area (Å²) in [6, 6.07) is 23.1. The van der Waals surface area contributed by atoms with Gasteiger partial charge in [0.05, 0.1) is 12.9 Å². The van der Waals surface area contributed by atoms with E-state index in [-0.39, 0.29) is 11.7 Å². The number of rotatable bonds is 9. The van der Waals surface area contributed by atoms with Gasteiger partial charge in [-0.1, -0.05) is 49.3 Å². The number of ether oxygens (including phenoxy) is 1. The highest BCUT2D eigenvalue weighted by molar-refractivity contribution is 7.99. The van der Waals surface area contributed by atoms with E-state index in [1.165, 1.54) is 17.3 Å². The fourth-order valence-corrected chi connectivity index (χ4v) is 4.45. The Balaban J connectivity index is 1.53. The van der Waals surface area contributed by atoms with Crippen LogP contribution in [0.2, 0.25) is 5.02 Å². The molecule has 180 valence electrons. The molecule has 4 rings (SSSR count). The molecule has 6 nitrogen and oxygen atoms in total. The Bertz CT molecular complexity index is 1270. The zero-order chi connectivity index (χ0) is 24.8. The van der Waals surface area contributed by atoms with Gasteiger partial charge in [0.25, 0.3) is 0 Å². The second-order valence-corrected chi connectivity index (χ2v) is 9.49. The van der Waals surface area contributed by atoms with Crippen molar-refractivity contribution in [1.82, 2.24) is 14.8 Å². The van der Waals surface area contributed by atoms with E-state index in [2.05, 4.69) is 41.5 Å². The van der Waals surface area contributed by atoms with E-state index in [4.69, 9.17) is 16.3 Å². The number of halogens is 1. The van der Waals surface area contributed by atoms with Crippen LogP contribution in [0.3, 0.4) is 0 Å². The lowest BCUT2D eigenvalue weighted by atomic mass is 9.99. The van der Waals surface area contributed by atoms with Crippen molar-refractivity contribution >= 4 is 35.0 Å². The number of nitrogens with one attached hydrogen (secondary N) is 1. The average Bonchev–Trinajstić information content (AvgIpc) is 3.32. The number of anilines is 1. The van der Waals surface area contributed by atoms with Crippen LogP contribution < -0.4 is 10.1 Å². The van der Waals surface area contributed by atoms with Gasteiger partial charge in [0.15, 0.2) is 11.0 Å². The minimum atomic E-state index is -0.108. The Labute approximate surface area is 214 Å². The second kappa shape index (κ2) is 11.4. The van der Waals surface area contributed by atoms with Crippen LogP contribution in [-0.2, 0) is 4.79 Å². The molecule has 0 saturated carbocycles. The lowest BCUT2D eigenvalue weighted by Crippen LogP contribution is -2.14. The summed E-state index contributed by atoms with van der Waals surface area (Å²) >= 11 is 7.43. The first-order valence-corrected chi connectivity index (χ1v) is 12.7. The zero-order valence-electron chi connectivity index (χ0n) is 19.9. The molecule has 3 aromatic carbocycles. The minimum Gasteiger partial charge on any atom is -0.497 e. The topological polar surface area (TPSA) is 69.0 Å². The Morgan fingerprint density at radius 1 is 1.03 bits per heavy atom. The molecule has 0 unspecified atom stereocenters. The first-order valence-electron chi connectivity index (χ1n) is 11.4. The molecule has 8 heteroatoms. The van der Waals surface area contributed by atoms with Gasteiger partial charge >= 0.3 is 0 Å². The van der Waals surface area contributed by atoms with Crippen molar-refractivity contribution in [1.29, 1.82) is 0 Å². The van der Waals surface area contributed by atoms with E-state index in [1.54, 1.807) is 7.11 Å². The Kier molecular flexibility index (Phi) is 8.10. The molecule has 1 heterocycles. The molecule has 1 amide bonds. The van der Waals surface area contributed by atoms with Crippen LogP contribution in [0.25, 0.3) is 17.1 Å². The van der Waals surface area contributed by atoms with Crippen molar-refractivity contribution < 1.29 is 9.53 Å². The summed E-state index contributed by atoms with van der Waals surface area (Å²) in [6.07, 6.45) is 1.08. The van der Waals surface area contributed by atoms with Crippen molar-refractivity contribution in [3.8, 4) is 22.8 Å². The smallest absolute Gasteiger partial charge is 0.234 e. The van der Waals surface area contributed by atoms with Crippen LogP contribution in [0.5, 0.6) is 5.75 Å². The fourth-order valence-electron chi connectivity index (χ4n) is 3.57. The minimum absolute atomic E-state index is 0.108. The summed E-state index contributed by atoms with van der Waals surface area (Å²) in [5.74, 6) is 2.01. The maximum absolute atomic E-state index is 12.7. The average molecular weight is 507 g/mol. The van der Waals surface area contributed by atoms with Crippen LogP contribution in [0.15, 0.2) is 78.0 Å². The van der Waals surface area contributed by atoms with E-state index in [0.29, 0.717) is 21.9 Å². The predicted octanol–water partition coefficient (Wildman–Crippen LogP) is 6.84. The number of carbonyl (C=O) groups is 1. The summed E-state index contributed by atoms with van der Waals surface area (Å²) in [4.78, 5) is 12.7. The highest BCUT2D eigenvalue weighted by Gasteiger charge is 2.18. The normalized spacial score (nSPS) is 11.8. The zero-order valence-corrected chi connectivity index (χ0v) is 21.4. The van der Waals surface area contributed by atoms with E-state index >= 15 is 0 Å². The van der Waals surface area contributed by atoms with Gasteiger partial charge in [-0.15, -0.1) is 10.2 Å². The molecule has 1 aromatic heterocycles. The Morgan fingerprint density at radius 3 is 2.34 bits per heavy atom. The summed E-state index contributed by atoms with van der Waals surface area (Å²) < 4.78 is 7.20. The lowest BCUT2D eigenvalue weighted by Gasteiger charge is -2.12. The summed E-state index contributed by atoms with van der Waals surface area (Å²) in [7, 11) is 1.63. The van der Waals surface area contributed by atoms with E-state index in [9.17, 15) is 4.79 Å². The standard InChI is InChI=1S/C27H27ClN4O2S/c1-4-18(2)19-5-11-22(12-6-19)29-25(33)17-35-27-31-30-26(20-7-15-24(34-3)16-8-20)32(27)23-13-9-21(28)10-14-23/h5-16,18H,4,17H2,1-3H3,(H,29,33)/t18-/m0/s1. The highest BCUT2D eigenvalue weighted by Crippen LogP contribution is 2.30. The lowest BCUT2D eigenvalue weighted by molar-refractivity contribution is -0.113. The Hall–Kier alpha value is -3.29. The molecule has 0 aliphatic carbocycles. The molecular formula is C27H27ClN4O2S. The number of methoxy groups -OCH3 is 1. The number of hydrogen-bond acceptors (Lipinski definition) is 5. The molecule has 4 aromatic rings. The fraction of sp³-hybridized carbons (Fsp3) is 0.222. The molecule has 1 N–H and O–H groups in total. The van der Waals surface area contributed by atoms with Crippen LogP contribution in [0.4, 0.5) is 5.69 Å². The molecular weight excluding hydrogens is 480 g/mol. The first-order chi connectivity index (χ1) is 17.0. The number of carbonyl (C=O) groups excluding carboxylic acids is 1. The maximum atomic E-state index is 12.7. The number of thioether (sulfide) groups is 1. The third-order valence-corrected chi connectivity index (χ3v) is 6.96. The van der Waals surface area contributed by atoms with Crippen molar-refractivity contribution in [2.75, 3.05) is 18.2 Å². The molecule has 0 aliphatic rings. The molecule has 0 spiro atoms. The van der Waals surface area contributed by atoms with Crippen LogP contribution in [0.1, 0.15) is 31.7 Å². The summed E-state index contributed by atoms with van der Waals surface area (Å²) in [5.41, 5.74) is 3.78. The van der Waals surface area contributed by atoms with Crippen LogP contribution in [0, 0.1) is 0 Å². The van der Waals surface area contributed by atoms with Gasteiger partial charge in [-0.2, -0.15) is 0 Å². The molecule has 0 fully saturated rings. The quantitative estimate of drug-likeness (QED) is 0.252. The maximum Gasteiger partial charge on any atom is 0.234 e. The summed E-state index contributed by atoms with van der Waals surface area (Å²) in [5, 5.41) is 13.0. The molecule has 0 radical (unpaired) electrons. The van der Waals surface area contributed by atoms with Crippen molar-refractivity contribution in [3.63, 3.8) is 0 Å². The van der Waals surface area contributed by atoms with Crippen molar-refractivity contribution in [2.24, 2.45) is 0 Å². The molecule has 1 atom stereocenters. The largest absolute Gasteiger partial charge is 0.497 e. The summed E-state index contributed by atoms with van der Waals surface area (Å²) in [6.45, 7) is 4.36. The van der Waals surface area contributed by atoms with Crippen LogP contribution in [-0.4, -0.2) is 33.5 Å². The SMILES string of the molecule is CC[C@H](C)c1ccc(NC(=O)CSc2nnc(-c3ccc(OC)cc3)n2-c2ccc(Cl)cc2)cc1. The monoisotopic (exact) mass is 506 g/mol. The molecule has 35 heavy (non-hydrogen) atoms. The molecule has 0 bridgehead atoms. The number of amides is 1. The van der Waals surface area contributed by atoms with E-state index < -0.39 is 0 Å². The van der Waals surface area contributed by atoms with Gasteiger partial charge in [0, 0.05) is 22.0 Å². The van der Waals surface area contributed by atoms with Gasteiger partial charge in [0.2, 0.25) is 5.91 Å². The number of aromatic nitrogens is 3. The third kappa shape index (κ3) is 6.05. The Morgan fingerprint density at radius 2 is 1.71 bits per heavy atom. The predicted molar refractivity (Wildman–Crippen MR) is 143 cm³/mol. The van der Waals surface area contributed by atoms with E-state index in [0.717, 1.165) is 29.1 Å². The van der Waals surface area contributed by atoms with Crippen molar-refractivity contribution in [2.45, 2.75) is 31.3 Å². The third-order valence-electron chi connectivity index (χ3n) is 5.77. The second-order valence-electron chi connectivity index (χ2n) is 8.11. The first kappa shape index (κ1) is 24.8. The van der Waals surface area contributed by atoms with Crippen LogP contribution >= 0.6 is 23.4 Å². The molecule has 0 aliphatic heterocycles. The van der Waals surface area contributed by atoms with Gasteiger partial charge in [-0.3, -0.25) is 9.36 Å². The van der Waals surface area contributed by atoms with Gasteiger partial charge in [0.1, 0.15) is 5.75 Å². The number of hydrogen-bond donors (Lipinski definition) is 1. The van der Waals surface area contributed by atoms with Crippen molar-refractivity contribution in [3.05, 3.63) is 83.4 Å². The highest BCUT2D eigenvalue weighted by atomic mass is 35.5. The van der Waals surface area contributed by atoms with Gasteiger partial charge in [-0.05, 0) is 78.6 Å². The van der Waals surface area contributed by atoms with E-state index in [1.807, 2.05) is 65.2 Å². The van der Waals surface area contributed by atoms with Gasteiger partial charge < -0.3 is 10.1 Å².